The lowest BCUT2D eigenvalue weighted by molar-refractivity contribution is -0.378. The molecule has 0 aliphatic carbocycles. The highest BCUT2D eigenvalue weighted by atomic mass is 19.4. The molecule has 1 unspecified atom stereocenters. The number of carbonyl (C=O) groups is 1. The van der Waals surface area contributed by atoms with E-state index in [2.05, 4.69) is 9.47 Å². The van der Waals surface area contributed by atoms with E-state index in [1.807, 2.05) is 0 Å². The van der Waals surface area contributed by atoms with Gasteiger partial charge in [0, 0.05) is 11.1 Å². The fourth-order valence-electron chi connectivity index (χ4n) is 3.26. The Morgan fingerprint density at radius 2 is 1.24 bits per heavy atom. The number of halogens is 12. The molecule has 1 aromatic rings. The number of carbonyl (C=O) groups excluding carboxylic acids is 1. The monoisotopic (exact) mass is 566 g/mol. The van der Waals surface area contributed by atoms with Crippen LogP contribution in [0.2, 0.25) is 0 Å². The number of aliphatic hydroxyl groups is 1. The zero-order chi connectivity index (χ0) is 29.6. The molecule has 0 radical (unpaired) electrons. The zero-order valence-electron chi connectivity index (χ0n) is 19.7. The third kappa shape index (κ3) is 6.03. The number of hydrogen-bond donors (Lipinski definition) is 1. The first-order valence-corrected chi connectivity index (χ1v) is 10.2. The van der Waals surface area contributed by atoms with Crippen LogP contribution in [0.25, 0.3) is 0 Å². The van der Waals surface area contributed by atoms with E-state index in [1.54, 1.807) is 0 Å². The molecule has 0 saturated heterocycles. The van der Waals surface area contributed by atoms with Gasteiger partial charge in [0.05, 0.1) is 0 Å². The Hall–Kier alpha value is -2.39. The maximum atomic E-state index is 14.0. The summed E-state index contributed by atoms with van der Waals surface area (Å²) in [4.78, 5) is 11.9. The van der Waals surface area contributed by atoms with Crippen LogP contribution in [0, 0.1) is 0 Å². The summed E-state index contributed by atoms with van der Waals surface area (Å²) < 4.78 is 173. The molecule has 1 aromatic carbocycles. The third-order valence-electron chi connectivity index (χ3n) is 5.24. The van der Waals surface area contributed by atoms with Crippen LogP contribution in [-0.2, 0) is 20.7 Å². The van der Waals surface area contributed by atoms with Gasteiger partial charge in [-0.3, -0.25) is 0 Å². The zero-order valence-corrected chi connectivity index (χ0v) is 19.7. The minimum absolute atomic E-state index is 0.253. The van der Waals surface area contributed by atoms with E-state index in [0.29, 0.717) is 0 Å². The summed E-state index contributed by atoms with van der Waals surface area (Å²) in [6.45, 7) is 5.29. The summed E-state index contributed by atoms with van der Waals surface area (Å²) >= 11 is 0. The predicted octanol–water partition coefficient (Wildman–Crippen LogP) is 7.78. The predicted molar refractivity (Wildman–Crippen MR) is 102 cm³/mol. The molecular formula is C21H22F12O4. The van der Waals surface area contributed by atoms with Gasteiger partial charge in [0.2, 0.25) is 0 Å². The van der Waals surface area contributed by atoms with Crippen LogP contribution in [-0.4, -0.2) is 41.6 Å². The molecule has 1 rings (SSSR count). The van der Waals surface area contributed by atoms with E-state index in [0.717, 1.165) is 27.7 Å². The maximum absolute atomic E-state index is 14.0. The number of hydrogen-bond acceptors (Lipinski definition) is 4. The molecule has 0 aliphatic heterocycles. The van der Waals surface area contributed by atoms with E-state index < -0.39 is 70.3 Å². The van der Waals surface area contributed by atoms with Gasteiger partial charge in [-0.1, -0.05) is 32.0 Å². The molecule has 0 aliphatic rings. The number of ether oxygens (including phenoxy) is 2. The molecule has 1 atom stereocenters. The first kappa shape index (κ1) is 32.6. The molecule has 1 N–H and O–H groups in total. The first-order valence-electron chi connectivity index (χ1n) is 10.2. The van der Waals surface area contributed by atoms with E-state index in [4.69, 9.17) is 0 Å². The van der Waals surface area contributed by atoms with Gasteiger partial charge in [0.25, 0.3) is 5.60 Å². The van der Waals surface area contributed by atoms with Crippen LogP contribution in [0.1, 0.15) is 63.6 Å². The highest BCUT2D eigenvalue weighted by Gasteiger charge is 2.76. The fraction of sp³-hybridized carbons (Fsp3) is 0.667. The van der Waals surface area contributed by atoms with Gasteiger partial charge in [-0.2, -0.15) is 52.7 Å². The second-order valence-corrected chi connectivity index (χ2v) is 9.06. The highest BCUT2D eigenvalue weighted by molar-refractivity contribution is 5.62. The third-order valence-corrected chi connectivity index (χ3v) is 5.24. The Labute approximate surface area is 202 Å². The Kier molecular flexibility index (Phi) is 8.58. The molecule has 37 heavy (non-hydrogen) atoms. The lowest BCUT2D eigenvalue weighted by Gasteiger charge is -2.39. The largest absolute Gasteiger partial charge is 0.510 e. The summed E-state index contributed by atoms with van der Waals surface area (Å²) in [5.41, 5.74) is -18.3. The Bertz CT molecular complexity index is 940. The standard InChI is InChI=1S/C21H22F12O4/c1-6-10(2)12-9-11(7-8-13(12)16(35,18(22,23)24)19(25,26)27)17(20(28,29)30,21(31,32)33)37-14(34)36-15(3,4)5/h7-10,35H,6H2,1-5H3. The quantitative estimate of drug-likeness (QED) is 0.292. The van der Waals surface area contributed by atoms with Crippen LogP contribution < -0.4 is 0 Å². The van der Waals surface area contributed by atoms with Crippen molar-refractivity contribution in [2.45, 2.75) is 88.5 Å². The van der Waals surface area contributed by atoms with E-state index in [9.17, 15) is 62.6 Å². The van der Waals surface area contributed by atoms with E-state index in [-0.39, 0.29) is 24.6 Å². The van der Waals surface area contributed by atoms with Crippen molar-refractivity contribution in [2.75, 3.05) is 0 Å². The van der Waals surface area contributed by atoms with Crippen molar-refractivity contribution in [1.29, 1.82) is 0 Å². The summed E-state index contributed by atoms with van der Waals surface area (Å²) in [5.74, 6) is -1.54. The molecule has 0 heterocycles. The lowest BCUT2D eigenvalue weighted by atomic mass is 9.79. The Morgan fingerprint density at radius 3 is 1.57 bits per heavy atom. The van der Waals surface area contributed by atoms with Crippen molar-refractivity contribution >= 4 is 6.16 Å². The smallest absolute Gasteiger partial charge is 0.429 e. The molecule has 16 heteroatoms. The number of rotatable bonds is 5. The van der Waals surface area contributed by atoms with Gasteiger partial charge >= 0.3 is 36.5 Å². The molecule has 0 spiro atoms. The van der Waals surface area contributed by atoms with E-state index in [1.165, 1.54) is 6.92 Å². The molecule has 4 nitrogen and oxygen atoms in total. The summed E-state index contributed by atoms with van der Waals surface area (Å²) in [5, 5.41) is 9.77. The minimum atomic E-state index is -6.53. The van der Waals surface area contributed by atoms with Gasteiger partial charge < -0.3 is 14.6 Å². The van der Waals surface area contributed by atoms with Crippen molar-refractivity contribution < 1.29 is 72.1 Å². The average Bonchev–Trinajstić information content (AvgIpc) is 2.65. The molecule has 0 saturated carbocycles. The van der Waals surface area contributed by atoms with Crippen molar-refractivity contribution in [1.82, 2.24) is 0 Å². The summed E-state index contributed by atoms with van der Waals surface area (Å²) in [6, 6.07) is -0.991. The minimum Gasteiger partial charge on any atom is -0.429 e. The topological polar surface area (TPSA) is 55.8 Å². The SMILES string of the molecule is CCC(C)c1cc(C(OC(=O)OC(C)(C)C)(C(F)(F)F)C(F)(F)F)ccc1C(O)(C(F)(F)F)C(F)(F)F. The van der Waals surface area contributed by atoms with Gasteiger partial charge in [-0.05, 0) is 38.7 Å². The number of alkyl halides is 12. The molecule has 214 valence electrons. The summed E-state index contributed by atoms with van der Waals surface area (Å²) in [7, 11) is 0. The van der Waals surface area contributed by atoms with Gasteiger partial charge in [0.15, 0.2) is 0 Å². The fourth-order valence-corrected chi connectivity index (χ4v) is 3.26. The second-order valence-electron chi connectivity index (χ2n) is 9.06. The van der Waals surface area contributed by atoms with Gasteiger partial charge in [-0.25, -0.2) is 4.79 Å². The van der Waals surface area contributed by atoms with Crippen molar-refractivity contribution in [3.63, 3.8) is 0 Å². The summed E-state index contributed by atoms with van der Waals surface area (Å²) in [6.07, 6.45) is -28.9. The van der Waals surface area contributed by atoms with Crippen molar-refractivity contribution in [2.24, 2.45) is 0 Å². The van der Waals surface area contributed by atoms with Crippen molar-refractivity contribution in [3.05, 3.63) is 34.9 Å². The lowest BCUT2D eigenvalue weighted by Crippen LogP contribution is -2.57. The Morgan fingerprint density at radius 1 is 0.811 bits per heavy atom. The average molecular weight is 566 g/mol. The van der Waals surface area contributed by atoms with Gasteiger partial charge in [0.1, 0.15) is 5.60 Å². The normalized spacial score (nSPS) is 15.4. The van der Waals surface area contributed by atoms with Crippen LogP contribution >= 0.6 is 0 Å². The van der Waals surface area contributed by atoms with E-state index >= 15 is 0 Å². The van der Waals surface area contributed by atoms with Crippen molar-refractivity contribution in [3.8, 4) is 0 Å². The maximum Gasteiger partial charge on any atom is 0.510 e. The molecule has 0 bridgehead atoms. The van der Waals surface area contributed by atoms with Gasteiger partial charge in [-0.15, -0.1) is 0 Å². The van der Waals surface area contributed by atoms with Crippen LogP contribution in [0.15, 0.2) is 18.2 Å². The van der Waals surface area contributed by atoms with Crippen LogP contribution in [0.5, 0.6) is 0 Å². The molecule has 0 amide bonds. The van der Waals surface area contributed by atoms with Crippen LogP contribution in [0.3, 0.4) is 0 Å². The Balaban J connectivity index is 4.17. The first-order chi connectivity index (χ1) is 16.2. The second kappa shape index (κ2) is 9.73. The molecule has 0 fully saturated rings. The molecular weight excluding hydrogens is 544 g/mol. The van der Waals surface area contributed by atoms with Crippen LogP contribution in [0.4, 0.5) is 57.5 Å². The number of benzene rings is 1. The highest BCUT2D eigenvalue weighted by Crippen LogP contribution is 2.56. The molecule has 0 aromatic heterocycles.